The summed E-state index contributed by atoms with van der Waals surface area (Å²) in [6.07, 6.45) is 5.04. The lowest BCUT2D eigenvalue weighted by molar-refractivity contribution is 0.0674. The Bertz CT molecular complexity index is 484. The van der Waals surface area contributed by atoms with Crippen molar-refractivity contribution < 1.29 is 14.4 Å². The summed E-state index contributed by atoms with van der Waals surface area (Å²) in [4.78, 5) is 14.6. The minimum absolute atomic E-state index is 0.0246. The predicted molar refractivity (Wildman–Crippen MR) is 80.3 cm³/mol. The molecule has 1 saturated heterocycles. The molecular weight excluding hydrogens is 268 g/mol. The summed E-state index contributed by atoms with van der Waals surface area (Å²) >= 11 is 0. The number of amides is 1. The monoisotopic (exact) mass is 294 g/mol. The molecule has 21 heavy (non-hydrogen) atoms. The molecule has 1 aromatic rings. The normalized spacial score (nSPS) is 20.0. The predicted octanol–water partition coefficient (Wildman–Crippen LogP) is 2.87. The molecule has 1 aliphatic rings. The average molecular weight is 294 g/mol. The van der Waals surface area contributed by atoms with Gasteiger partial charge in [-0.1, -0.05) is 31.8 Å². The van der Waals surface area contributed by atoms with Crippen LogP contribution in [0.15, 0.2) is 4.52 Å². The maximum atomic E-state index is 12.8. The minimum Gasteiger partial charge on any atom is -0.394 e. The van der Waals surface area contributed by atoms with Crippen molar-refractivity contribution in [2.45, 2.75) is 64.8 Å². The van der Waals surface area contributed by atoms with Crippen LogP contribution in [0.2, 0.25) is 0 Å². The van der Waals surface area contributed by atoms with Gasteiger partial charge in [0.25, 0.3) is 5.91 Å². The zero-order valence-electron chi connectivity index (χ0n) is 13.3. The highest BCUT2D eigenvalue weighted by atomic mass is 16.5. The maximum Gasteiger partial charge on any atom is 0.259 e. The smallest absolute Gasteiger partial charge is 0.259 e. The third-order valence-electron chi connectivity index (χ3n) is 4.39. The van der Waals surface area contributed by atoms with Crippen LogP contribution in [0, 0.1) is 6.92 Å². The second kappa shape index (κ2) is 7.07. The van der Waals surface area contributed by atoms with Crippen molar-refractivity contribution in [2.24, 2.45) is 0 Å². The molecule has 2 rings (SSSR count). The van der Waals surface area contributed by atoms with Crippen LogP contribution in [-0.4, -0.2) is 40.3 Å². The van der Waals surface area contributed by atoms with E-state index in [2.05, 4.69) is 19.0 Å². The summed E-state index contributed by atoms with van der Waals surface area (Å²) in [5.74, 6) is 0.860. The fourth-order valence-electron chi connectivity index (χ4n) is 3.06. The van der Waals surface area contributed by atoms with Gasteiger partial charge in [-0.15, -0.1) is 0 Å². The Hall–Kier alpha value is -1.36. The second-order valence-corrected chi connectivity index (χ2v) is 6.03. The number of carbonyl (C=O) groups is 1. The number of aromatic nitrogens is 1. The number of hydrogen-bond donors (Lipinski definition) is 1. The Kier molecular flexibility index (Phi) is 5.39. The quantitative estimate of drug-likeness (QED) is 0.876. The molecule has 0 aromatic carbocycles. The van der Waals surface area contributed by atoms with Gasteiger partial charge in [-0.2, -0.15) is 0 Å². The molecule has 1 aliphatic heterocycles. The zero-order valence-corrected chi connectivity index (χ0v) is 13.3. The van der Waals surface area contributed by atoms with Crippen LogP contribution in [0.3, 0.4) is 0 Å². The first-order valence-corrected chi connectivity index (χ1v) is 7.98. The van der Waals surface area contributed by atoms with Gasteiger partial charge in [0.05, 0.1) is 18.3 Å². The van der Waals surface area contributed by atoms with Gasteiger partial charge in [0, 0.05) is 12.5 Å². The molecule has 1 aromatic heterocycles. The Balaban J connectivity index is 2.22. The van der Waals surface area contributed by atoms with Gasteiger partial charge in [-0.05, 0) is 26.2 Å². The molecule has 2 atom stereocenters. The van der Waals surface area contributed by atoms with E-state index in [1.54, 1.807) is 4.90 Å². The van der Waals surface area contributed by atoms with E-state index < -0.39 is 0 Å². The number of aliphatic hydroxyl groups is 1. The number of unbranched alkanes of at least 4 members (excludes halogenated alkanes) is 1. The second-order valence-electron chi connectivity index (χ2n) is 6.03. The fourth-order valence-corrected chi connectivity index (χ4v) is 3.06. The highest BCUT2D eigenvalue weighted by Crippen LogP contribution is 2.29. The van der Waals surface area contributed by atoms with Gasteiger partial charge in [-0.25, -0.2) is 0 Å². The number of likely N-dealkylation sites (tertiary alicyclic amines) is 1. The Morgan fingerprint density at radius 1 is 1.57 bits per heavy atom. The van der Waals surface area contributed by atoms with Gasteiger partial charge in [-0.3, -0.25) is 4.79 Å². The van der Waals surface area contributed by atoms with Crippen molar-refractivity contribution in [1.29, 1.82) is 0 Å². The molecule has 1 amide bonds. The minimum atomic E-state index is -0.0643. The van der Waals surface area contributed by atoms with Crippen LogP contribution in [0.5, 0.6) is 0 Å². The topological polar surface area (TPSA) is 66.6 Å². The third-order valence-corrected chi connectivity index (χ3v) is 4.39. The standard InChI is InChI=1S/C16H26N2O3/c1-4-5-7-11(2)15-14(12(3)17-21-15)16(20)18-9-6-8-13(18)10-19/h11,13,19H,4-10H2,1-3H3/t11-,13+/m1/s1. The molecule has 5 nitrogen and oxygen atoms in total. The number of rotatable bonds is 6. The molecule has 0 bridgehead atoms. The van der Waals surface area contributed by atoms with Crippen LogP contribution >= 0.6 is 0 Å². The van der Waals surface area contributed by atoms with Gasteiger partial charge in [0.2, 0.25) is 0 Å². The number of aryl methyl sites for hydroxylation is 1. The lowest BCUT2D eigenvalue weighted by Crippen LogP contribution is -2.38. The van der Waals surface area contributed by atoms with E-state index in [9.17, 15) is 9.90 Å². The van der Waals surface area contributed by atoms with Crippen molar-refractivity contribution in [3.63, 3.8) is 0 Å². The third kappa shape index (κ3) is 3.28. The summed E-state index contributed by atoms with van der Waals surface area (Å²) in [6, 6.07) is -0.0643. The van der Waals surface area contributed by atoms with Gasteiger partial charge < -0.3 is 14.5 Å². The van der Waals surface area contributed by atoms with Gasteiger partial charge in [0.1, 0.15) is 5.56 Å². The molecule has 1 fully saturated rings. The van der Waals surface area contributed by atoms with Crippen molar-refractivity contribution in [3.05, 3.63) is 17.0 Å². The Morgan fingerprint density at radius 2 is 2.33 bits per heavy atom. The first kappa shape index (κ1) is 16.0. The zero-order chi connectivity index (χ0) is 15.4. The van der Waals surface area contributed by atoms with Crippen molar-refractivity contribution >= 4 is 5.91 Å². The first-order valence-electron chi connectivity index (χ1n) is 7.98. The van der Waals surface area contributed by atoms with Gasteiger partial charge >= 0.3 is 0 Å². The molecule has 2 heterocycles. The molecular formula is C16H26N2O3. The number of hydrogen-bond acceptors (Lipinski definition) is 4. The molecule has 0 saturated carbocycles. The van der Waals surface area contributed by atoms with Crippen LogP contribution in [0.4, 0.5) is 0 Å². The molecule has 5 heteroatoms. The summed E-state index contributed by atoms with van der Waals surface area (Å²) in [6.45, 7) is 6.78. The van der Waals surface area contributed by atoms with Crippen LogP contribution in [0.25, 0.3) is 0 Å². The summed E-state index contributed by atoms with van der Waals surface area (Å²) < 4.78 is 5.44. The fraction of sp³-hybridized carbons (Fsp3) is 0.750. The Labute approximate surface area is 126 Å². The average Bonchev–Trinajstić information content (AvgIpc) is 3.10. The SMILES string of the molecule is CCCC[C@@H](C)c1onc(C)c1C(=O)N1CCC[C@H]1CO. The van der Waals surface area contributed by atoms with Crippen LogP contribution in [-0.2, 0) is 0 Å². The van der Waals surface area contributed by atoms with Crippen LogP contribution in [0.1, 0.15) is 73.7 Å². The number of aliphatic hydroxyl groups excluding tert-OH is 1. The van der Waals surface area contributed by atoms with Crippen molar-refractivity contribution in [1.82, 2.24) is 10.1 Å². The van der Waals surface area contributed by atoms with E-state index in [-0.39, 0.29) is 24.5 Å². The summed E-state index contributed by atoms with van der Waals surface area (Å²) in [5, 5.41) is 13.4. The van der Waals surface area contributed by atoms with Crippen molar-refractivity contribution in [2.75, 3.05) is 13.2 Å². The first-order chi connectivity index (χ1) is 10.1. The van der Waals surface area contributed by atoms with E-state index in [0.29, 0.717) is 23.6 Å². The molecule has 0 aliphatic carbocycles. The lowest BCUT2D eigenvalue weighted by atomic mass is 9.97. The highest BCUT2D eigenvalue weighted by molar-refractivity contribution is 5.96. The van der Waals surface area contributed by atoms with E-state index in [4.69, 9.17) is 4.52 Å². The van der Waals surface area contributed by atoms with E-state index in [1.165, 1.54) is 0 Å². The summed E-state index contributed by atoms with van der Waals surface area (Å²) in [5.41, 5.74) is 1.26. The maximum absolute atomic E-state index is 12.8. The summed E-state index contributed by atoms with van der Waals surface area (Å²) in [7, 11) is 0. The van der Waals surface area contributed by atoms with Crippen LogP contribution < -0.4 is 0 Å². The molecule has 118 valence electrons. The van der Waals surface area contributed by atoms with E-state index >= 15 is 0 Å². The lowest BCUT2D eigenvalue weighted by Gasteiger charge is -2.23. The molecule has 1 N–H and O–H groups in total. The number of carbonyl (C=O) groups excluding carboxylic acids is 1. The van der Waals surface area contributed by atoms with E-state index in [0.717, 1.165) is 32.1 Å². The van der Waals surface area contributed by atoms with Gasteiger partial charge in [0.15, 0.2) is 5.76 Å². The van der Waals surface area contributed by atoms with E-state index in [1.807, 2.05) is 6.92 Å². The highest BCUT2D eigenvalue weighted by Gasteiger charge is 2.33. The molecule has 0 unspecified atom stereocenters. The molecule has 0 radical (unpaired) electrons. The van der Waals surface area contributed by atoms with Crippen molar-refractivity contribution in [3.8, 4) is 0 Å². The largest absolute Gasteiger partial charge is 0.394 e. The number of nitrogens with zero attached hydrogens (tertiary/aromatic N) is 2. The molecule has 0 spiro atoms. The Morgan fingerprint density at radius 3 is 3.00 bits per heavy atom.